The molecule has 1 aliphatic heterocycles. The maximum absolute atomic E-state index is 12.7. The van der Waals surface area contributed by atoms with Gasteiger partial charge in [0.25, 0.3) is 11.4 Å². The Morgan fingerprint density at radius 3 is 2.60 bits per heavy atom. The molecule has 2 N–H and O–H groups in total. The monoisotopic (exact) mass is 474 g/mol. The Morgan fingerprint density at radius 2 is 1.89 bits per heavy atom. The Balaban J connectivity index is 1.74. The number of hydrogen-bond acceptors (Lipinski definition) is 7. The lowest BCUT2D eigenvalue weighted by Crippen LogP contribution is -2.35. The summed E-state index contributed by atoms with van der Waals surface area (Å²) in [5, 5.41) is 30.4. The highest BCUT2D eigenvalue weighted by Crippen LogP contribution is 2.22. The fourth-order valence-corrected chi connectivity index (χ4v) is 3.69. The molecule has 0 spiro atoms. The maximum Gasteiger partial charge on any atom is 0.326 e. The number of non-ortho nitro benzene ring substituents is 1. The smallest absolute Gasteiger partial charge is 0.310 e. The van der Waals surface area contributed by atoms with Crippen LogP contribution in [0.25, 0.3) is 12.3 Å². The normalized spacial score (nSPS) is 15.5. The molecule has 4 rings (SSSR count). The van der Waals surface area contributed by atoms with Gasteiger partial charge in [-0.1, -0.05) is 36.9 Å². The van der Waals surface area contributed by atoms with Gasteiger partial charge in [0.1, 0.15) is 12.0 Å². The van der Waals surface area contributed by atoms with Crippen LogP contribution in [-0.2, 0) is 13.1 Å². The third-order valence-corrected chi connectivity index (χ3v) is 5.32. The van der Waals surface area contributed by atoms with Crippen molar-refractivity contribution in [2.45, 2.75) is 13.1 Å². The standard InChI is InChI=1S/C22H18N8O5/c1-14-19(26-22(31)28(14)10-15-5-4-7-17(9-15)29(32)33)20-21(24-12-23)27(13-25-20)11-16-6-2-3-8-18(16)30(34)35/h2-9,12-13,23H,1,10-11H2,(H,26,31). The predicted octanol–water partition coefficient (Wildman–Crippen LogP) is 1.11. The quantitative estimate of drug-likeness (QED) is 0.224. The van der Waals surface area contributed by atoms with Crippen LogP contribution in [0.5, 0.6) is 0 Å². The molecule has 0 unspecified atom stereocenters. The van der Waals surface area contributed by atoms with Gasteiger partial charge in [-0.25, -0.2) is 14.8 Å². The minimum Gasteiger partial charge on any atom is -0.310 e. The summed E-state index contributed by atoms with van der Waals surface area (Å²) in [6, 6.07) is 12.1. The number of nitrogens with one attached hydrogen (secondary N) is 2. The number of aliphatic imine (C=N–C) groups is 2. The first-order chi connectivity index (χ1) is 16.8. The van der Waals surface area contributed by atoms with Gasteiger partial charge in [0, 0.05) is 23.8 Å². The third-order valence-electron chi connectivity index (χ3n) is 5.32. The van der Waals surface area contributed by atoms with Gasteiger partial charge in [0.05, 0.1) is 40.0 Å². The van der Waals surface area contributed by atoms with Crippen molar-refractivity contribution >= 4 is 42.2 Å². The summed E-state index contributed by atoms with van der Waals surface area (Å²) in [6.07, 6.45) is 2.21. The van der Waals surface area contributed by atoms with Crippen LogP contribution in [0.15, 0.2) is 63.3 Å². The first-order valence-electron chi connectivity index (χ1n) is 10.2. The highest BCUT2D eigenvalue weighted by molar-refractivity contribution is 6.25. The summed E-state index contributed by atoms with van der Waals surface area (Å²) in [5.41, 5.74) is 0.491. The molecule has 13 nitrogen and oxygen atoms in total. The number of nitro groups is 2. The number of hydrogen-bond donors (Lipinski definition) is 2. The molecule has 35 heavy (non-hydrogen) atoms. The molecule has 2 heterocycles. The van der Waals surface area contributed by atoms with E-state index in [1.165, 1.54) is 40.1 Å². The van der Waals surface area contributed by atoms with E-state index in [1.807, 2.05) is 0 Å². The fraction of sp³-hybridized carbons (Fsp3) is 0.0909. The van der Waals surface area contributed by atoms with E-state index in [1.54, 1.807) is 24.3 Å². The van der Waals surface area contributed by atoms with Gasteiger partial charge in [-0.15, -0.1) is 0 Å². The molecule has 176 valence electrons. The highest BCUT2D eigenvalue weighted by atomic mass is 16.6. The van der Waals surface area contributed by atoms with E-state index in [0.717, 1.165) is 6.34 Å². The summed E-state index contributed by atoms with van der Waals surface area (Å²) in [5.74, 6) is 0.201. The summed E-state index contributed by atoms with van der Waals surface area (Å²) in [7, 11) is 0. The summed E-state index contributed by atoms with van der Waals surface area (Å²) in [6.45, 7) is 4.05. The van der Waals surface area contributed by atoms with Gasteiger partial charge >= 0.3 is 5.69 Å². The van der Waals surface area contributed by atoms with Gasteiger partial charge in [-0.2, -0.15) is 0 Å². The SMILES string of the molecule is C=c1c(=C2N=CN(Cc3ccccc3[N+](=O)[O-])C2=NC=N)[nH]c(=O)n1Cc1cccc([N+](=O)[O-])c1. The molecule has 2 aromatic carbocycles. The van der Waals surface area contributed by atoms with Crippen molar-refractivity contribution in [3.8, 4) is 0 Å². The average Bonchev–Trinajstić information content (AvgIpc) is 3.34. The largest absolute Gasteiger partial charge is 0.326 e. The molecule has 0 saturated carbocycles. The van der Waals surface area contributed by atoms with Crippen molar-refractivity contribution in [1.82, 2.24) is 14.5 Å². The maximum atomic E-state index is 12.7. The van der Waals surface area contributed by atoms with Gasteiger partial charge < -0.3 is 9.88 Å². The Bertz CT molecular complexity index is 1580. The van der Waals surface area contributed by atoms with E-state index in [9.17, 15) is 25.0 Å². The molecule has 0 radical (unpaired) electrons. The van der Waals surface area contributed by atoms with E-state index in [-0.39, 0.29) is 46.7 Å². The molecule has 0 saturated heterocycles. The molecule has 0 aliphatic carbocycles. The van der Waals surface area contributed by atoms with Gasteiger partial charge in [0.15, 0.2) is 5.84 Å². The van der Waals surface area contributed by atoms with E-state index in [4.69, 9.17) is 5.41 Å². The zero-order valence-electron chi connectivity index (χ0n) is 18.1. The molecule has 0 atom stereocenters. The lowest BCUT2D eigenvalue weighted by atomic mass is 10.1. The van der Waals surface area contributed by atoms with Crippen molar-refractivity contribution in [3.05, 3.63) is 101 Å². The van der Waals surface area contributed by atoms with Crippen LogP contribution in [0.2, 0.25) is 0 Å². The van der Waals surface area contributed by atoms with E-state index < -0.39 is 15.5 Å². The van der Waals surface area contributed by atoms with E-state index >= 15 is 0 Å². The van der Waals surface area contributed by atoms with Crippen molar-refractivity contribution < 1.29 is 9.85 Å². The van der Waals surface area contributed by atoms with Crippen LogP contribution < -0.4 is 16.4 Å². The number of benzene rings is 2. The minimum atomic E-state index is -0.519. The molecule has 3 aromatic rings. The number of nitrogens with zero attached hydrogens (tertiary/aromatic N) is 6. The summed E-state index contributed by atoms with van der Waals surface area (Å²) >= 11 is 0. The molecular formula is C22H18N8O5. The van der Waals surface area contributed by atoms with Crippen LogP contribution in [0.4, 0.5) is 11.4 Å². The van der Waals surface area contributed by atoms with Crippen molar-refractivity contribution in [2.75, 3.05) is 0 Å². The van der Waals surface area contributed by atoms with Crippen LogP contribution in [0, 0.1) is 25.6 Å². The summed E-state index contributed by atoms with van der Waals surface area (Å²) in [4.78, 5) is 46.7. The molecule has 0 amide bonds. The number of aromatic nitrogens is 2. The number of rotatable bonds is 7. The number of aromatic amines is 1. The Labute approximate surface area is 196 Å². The third kappa shape index (κ3) is 4.50. The van der Waals surface area contributed by atoms with Gasteiger partial charge in [-0.05, 0) is 5.56 Å². The second-order valence-corrected chi connectivity index (χ2v) is 7.45. The topological polar surface area (TPSA) is 176 Å². The van der Waals surface area contributed by atoms with E-state index in [0.29, 0.717) is 11.1 Å². The van der Waals surface area contributed by atoms with Crippen LogP contribution >= 0.6 is 0 Å². The Kier molecular flexibility index (Phi) is 6.14. The van der Waals surface area contributed by atoms with Crippen LogP contribution in [-0.4, -0.2) is 42.8 Å². The molecule has 13 heteroatoms. The molecule has 1 aromatic heterocycles. The second kappa shape index (κ2) is 9.35. The second-order valence-electron chi connectivity index (χ2n) is 7.45. The average molecular weight is 474 g/mol. The van der Waals surface area contributed by atoms with Crippen LogP contribution in [0.1, 0.15) is 11.1 Å². The van der Waals surface area contributed by atoms with Crippen LogP contribution in [0.3, 0.4) is 0 Å². The molecule has 0 fully saturated rings. The zero-order valence-corrected chi connectivity index (χ0v) is 18.1. The lowest BCUT2D eigenvalue weighted by molar-refractivity contribution is -0.385. The minimum absolute atomic E-state index is 0.0316. The molecular weight excluding hydrogens is 456 g/mol. The molecule has 1 aliphatic rings. The zero-order chi connectivity index (χ0) is 25.1. The number of imidazole rings is 1. The predicted molar refractivity (Wildman–Crippen MR) is 129 cm³/mol. The Morgan fingerprint density at radius 1 is 1.11 bits per heavy atom. The van der Waals surface area contributed by atoms with E-state index in [2.05, 4.69) is 21.5 Å². The van der Waals surface area contributed by atoms with Gasteiger partial charge in [-0.3, -0.25) is 30.2 Å². The van der Waals surface area contributed by atoms with Crippen molar-refractivity contribution in [2.24, 2.45) is 9.98 Å². The summed E-state index contributed by atoms with van der Waals surface area (Å²) < 4.78 is 1.31. The number of nitro benzene ring substituents is 2. The number of amidine groups is 1. The number of H-pyrrole nitrogens is 1. The first-order valence-corrected chi connectivity index (χ1v) is 10.2. The van der Waals surface area contributed by atoms with Crippen molar-refractivity contribution in [3.63, 3.8) is 0 Å². The first kappa shape index (κ1) is 23.0. The van der Waals surface area contributed by atoms with Gasteiger partial charge in [0.2, 0.25) is 0 Å². The number of para-hydroxylation sites is 1. The lowest BCUT2D eigenvalue weighted by Gasteiger charge is -2.15. The van der Waals surface area contributed by atoms with Crippen molar-refractivity contribution in [1.29, 1.82) is 5.41 Å². The molecule has 0 bridgehead atoms. The fourth-order valence-electron chi connectivity index (χ4n) is 3.69. The highest BCUT2D eigenvalue weighted by Gasteiger charge is 2.25. The Hall–Kier alpha value is -5.20.